The summed E-state index contributed by atoms with van der Waals surface area (Å²) in [6.45, 7) is 0. The molecule has 1 aromatic carbocycles. The first-order valence-corrected chi connectivity index (χ1v) is 5.06. The van der Waals surface area contributed by atoms with Crippen LogP contribution in [0.25, 0.3) is 0 Å². The number of nitro groups is 1. The molecule has 0 aliphatic heterocycles. The summed E-state index contributed by atoms with van der Waals surface area (Å²) in [4.78, 5) is 9.86. The number of rotatable bonds is 1. The highest BCUT2D eigenvalue weighted by Gasteiger charge is 2.11. The van der Waals surface area contributed by atoms with Gasteiger partial charge in [-0.1, -0.05) is 11.6 Å². The Hall–Kier alpha value is 0.120. The number of nitrogens with zero attached hydrogens (tertiary/aromatic N) is 1. The fourth-order valence-corrected chi connectivity index (χ4v) is 1.73. The Kier molecular flexibility index (Phi) is 3.30. The Labute approximate surface area is 95.5 Å². The lowest BCUT2D eigenvalue weighted by Gasteiger charge is -1.98. The summed E-state index contributed by atoms with van der Waals surface area (Å²) in [6.07, 6.45) is 0. The van der Waals surface area contributed by atoms with Crippen molar-refractivity contribution in [1.82, 2.24) is 0 Å². The molecule has 0 aliphatic rings. The largest absolute Gasteiger partial charge is 0.272 e. The molecule has 1 aromatic rings. The van der Waals surface area contributed by atoms with E-state index in [1.165, 1.54) is 12.1 Å². The quantitative estimate of drug-likeness (QED) is 0.331. The first-order chi connectivity index (χ1) is 5.52. The second-order valence-electron chi connectivity index (χ2n) is 1.98. The smallest absolute Gasteiger partial charge is 0.258 e. The van der Waals surface area contributed by atoms with Gasteiger partial charge in [0.1, 0.15) is 0 Å². The van der Waals surface area contributed by atoms with Gasteiger partial charge in [-0.25, -0.2) is 0 Å². The van der Waals surface area contributed by atoms with Crippen molar-refractivity contribution in [2.24, 2.45) is 0 Å². The molecule has 0 saturated heterocycles. The van der Waals surface area contributed by atoms with Gasteiger partial charge in [0.15, 0.2) is 0 Å². The SMILES string of the molecule is O=[N+]([O-])c1cc(Cl)c(I)c(Br)c1. The molecule has 12 heavy (non-hydrogen) atoms. The van der Waals surface area contributed by atoms with Crippen LogP contribution in [0.1, 0.15) is 0 Å². The van der Waals surface area contributed by atoms with Gasteiger partial charge in [0.25, 0.3) is 5.69 Å². The Morgan fingerprint density at radius 2 is 2.17 bits per heavy atom. The van der Waals surface area contributed by atoms with Crippen LogP contribution < -0.4 is 0 Å². The van der Waals surface area contributed by atoms with E-state index in [0.717, 1.165) is 3.57 Å². The first kappa shape index (κ1) is 10.2. The normalized spacial score (nSPS) is 9.92. The third-order valence-electron chi connectivity index (χ3n) is 1.18. The van der Waals surface area contributed by atoms with Gasteiger partial charge < -0.3 is 0 Å². The molecule has 0 saturated carbocycles. The van der Waals surface area contributed by atoms with Crippen molar-refractivity contribution in [2.75, 3.05) is 0 Å². The molecule has 0 atom stereocenters. The molecule has 0 spiro atoms. The molecular formula is C6H2BrClINO2. The lowest BCUT2D eigenvalue weighted by molar-refractivity contribution is -0.384. The molecule has 3 nitrogen and oxygen atoms in total. The van der Waals surface area contributed by atoms with E-state index >= 15 is 0 Å². The van der Waals surface area contributed by atoms with Gasteiger partial charge in [-0.2, -0.15) is 0 Å². The van der Waals surface area contributed by atoms with Gasteiger partial charge in [-0.15, -0.1) is 0 Å². The van der Waals surface area contributed by atoms with E-state index in [2.05, 4.69) is 15.9 Å². The van der Waals surface area contributed by atoms with E-state index < -0.39 is 4.92 Å². The van der Waals surface area contributed by atoms with Crippen LogP contribution in [0.5, 0.6) is 0 Å². The minimum absolute atomic E-state index is 0.00714. The fourth-order valence-electron chi connectivity index (χ4n) is 0.648. The molecule has 0 heterocycles. The number of nitro benzene ring substituents is 1. The van der Waals surface area contributed by atoms with Crippen LogP contribution >= 0.6 is 50.1 Å². The van der Waals surface area contributed by atoms with E-state index in [9.17, 15) is 10.1 Å². The Balaban J connectivity index is 3.31. The summed E-state index contributed by atoms with van der Waals surface area (Å²) in [5.41, 5.74) is -0.00714. The summed E-state index contributed by atoms with van der Waals surface area (Å²) in [7, 11) is 0. The van der Waals surface area contributed by atoms with Crippen molar-refractivity contribution in [1.29, 1.82) is 0 Å². The van der Waals surface area contributed by atoms with Crippen molar-refractivity contribution in [3.05, 3.63) is 35.3 Å². The average Bonchev–Trinajstić information content (AvgIpc) is 1.99. The highest BCUT2D eigenvalue weighted by atomic mass is 127. The van der Waals surface area contributed by atoms with Gasteiger partial charge in [0.05, 0.1) is 9.95 Å². The van der Waals surface area contributed by atoms with Crippen LogP contribution in [0, 0.1) is 13.7 Å². The van der Waals surface area contributed by atoms with Crippen LogP contribution in [0.3, 0.4) is 0 Å². The maximum absolute atomic E-state index is 10.3. The summed E-state index contributed by atoms with van der Waals surface area (Å²) in [6, 6.07) is 2.75. The Morgan fingerprint density at radius 1 is 1.58 bits per heavy atom. The monoisotopic (exact) mass is 361 g/mol. The molecule has 0 amide bonds. The molecule has 0 radical (unpaired) electrons. The predicted octanol–water partition coefficient (Wildman–Crippen LogP) is 3.62. The summed E-state index contributed by atoms with van der Waals surface area (Å²) >= 11 is 10.9. The van der Waals surface area contributed by atoms with E-state index in [1.54, 1.807) is 0 Å². The summed E-state index contributed by atoms with van der Waals surface area (Å²) < 4.78 is 1.42. The van der Waals surface area contributed by atoms with Crippen LogP contribution in [0.2, 0.25) is 5.02 Å². The summed E-state index contributed by atoms with van der Waals surface area (Å²) in [5.74, 6) is 0. The molecule has 0 unspecified atom stereocenters. The number of halogens is 3. The molecule has 0 bridgehead atoms. The molecule has 1 rings (SSSR count). The number of benzene rings is 1. The molecule has 6 heteroatoms. The zero-order chi connectivity index (χ0) is 9.30. The van der Waals surface area contributed by atoms with Crippen LogP contribution in [-0.2, 0) is 0 Å². The van der Waals surface area contributed by atoms with Crippen molar-refractivity contribution in [3.63, 3.8) is 0 Å². The summed E-state index contributed by atoms with van der Waals surface area (Å²) in [5, 5.41) is 10.7. The highest BCUT2D eigenvalue weighted by Crippen LogP contribution is 2.31. The van der Waals surface area contributed by atoms with Crippen molar-refractivity contribution >= 4 is 55.8 Å². The highest BCUT2D eigenvalue weighted by molar-refractivity contribution is 14.1. The minimum Gasteiger partial charge on any atom is -0.258 e. The maximum atomic E-state index is 10.3. The lowest BCUT2D eigenvalue weighted by Crippen LogP contribution is -1.89. The van der Waals surface area contributed by atoms with Gasteiger partial charge in [-0.3, -0.25) is 10.1 Å². The third kappa shape index (κ3) is 2.08. The Morgan fingerprint density at radius 3 is 2.58 bits per heavy atom. The predicted molar refractivity (Wildman–Crippen MR) is 58.5 cm³/mol. The van der Waals surface area contributed by atoms with Crippen LogP contribution in [-0.4, -0.2) is 4.92 Å². The second kappa shape index (κ2) is 3.89. The van der Waals surface area contributed by atoms with Crippen LogP contribution in [0.15, 0.2) is 16.6 Å². The molecule has 64 valence electrons. The standard InChI is InChI=1S/C6H2BrClINO2/c7-4-1-3(10(11)12)2-5(8)6(4)9/h1-2H. The van der Waals surface area contributed by atoms with E-state index in [4.69, 9.17) is 11.6 Å². The number of hydrogen-bond acceptors (Lipinski definition) is 2. The minimum atomic E-state index is -0.479. The molecule has 0 aliphatic carbocycles. The van der Waals surface area contributed by atoms with Crippen LogP contribution in [0.4, 0.5) is 5.69 Å². The third-order valence-corrected chi connectivity index (χ3v) is 4.33. The van der Waals surface area contributed by atoms with Gasteiger partial charge in [0.2, 0.25) is 0 Å². The average molecular weight is 362 g/mol. The maximum Gasteiger partial charge on any atom is 0.272 e. The van der Waals surface area contributed by atoms with Gasteiger partial charge in [0, 0.05) is 20.2 Å². The zero-order valence-corrected chi connectivity index (χ0v) is 10.1. The number of hydrogen-bond donors (Lipinski definition) is 0. The topological polar surface area (TPSA) is 43.1 Å². The zero-order valence-electron chi connectivity index (χ0n) is 5.55. The van der Waals surface area contributed by atoms with Crippen molar-refractivity contribution in [2.45, 2.75) is 0 Å². The molecule has 0 fully saturated rings. The van der Waals surface area contributed by atoms with E-state index in [-0.39, 0.29) is 5.69 Å². The first-order valence-electron chi connectivity index (χ1n) is 2.81. The molecule has 0 aromatic heterocycles. The molecular weight excluding hydrogens is 360 g/mol. The molecule has 0 N–H and O–H groups in total. The van der Waals surface area contributed by atoms with Gasteiger partial charge in [-0.05, 0) is 38.5 Å². The van der Waals surface area contributed by atoms with Gasteiger partial charge >= 0.3 is 0 Å². The fraction of sp³-hybridized carbons (Fsp3) is 0. The van der Waals surface area contributed by atoms with E-state index in [1.807, 2.05) is 22.6 Å². The lowest BCUT2D eigenvalue weighted by atomic mass is 10.3. The van der Waals surface area contributed by atoms with E-state index in [0.29, 0.717) is 9.50 Å². The van der Waals surface area contributed by atoms with Crippen molar-refractivity contribution < 1.29 is 4.92 Å². The van der Waals surface area contributed by atoms with Crippen molar-refractivity contribution in [3.8, 4) is 0 Å². The number of non-ortho nitro benzene ring substituents is 1. The Bertz CT molecular complexity index is 321. The second-order valence-corrected chi connectivity index (χ2v) is 4.32.